The Kier molecular flexibility index (Phi) is 7.23. The number of ether oxygens (including phenoxy) is 1. The fourth-order valence-electron chi connectivity index (χ4n) is 1.64. The zero-order valence-corrected chi connectivity index (χ0v) is 14.4. The normalized spacial score (nSPS) is 12.0. The molecule has 0 bridgehead atoms. The minimum atomic E-state index is -3.76. The standard InChI is InChI=1S/C13H20Cl2N2O3S/c1-9(2)8-20-5-3-4-17-21(18,19)13-11(15)6-10(14)7-12(13)16/h6-7,9,17H,3-5,8,16H2,1-2H3. The first-order valence-electron chi connectivity index (χ1n) is 6.56. The summed E-state index contributed by atoms with van der Waals surface area (Å²) in [5, 5.41) is 0.294. The van der Waals surface area contributed by atoms with Gasteiger partial charge in [0.05, 0.1) is 10.7 Å². The largest absolute Gasteiger partial charge is 0.398 e. The maximum atomic E-state index is 12.2. The summed E-state index contributed by atoms with van der Waals surface area (Å²) in [6, 6.07) is 2.70. The van der Waals surface area contributed by atoms with E-state index in [1.165, 1.54) is 12.1 Å². The molecule has 1 aromatic carbocycles. The summed E-state index contributed by atoms with van der Waals surface area (Å²) in [5.74, 6) is 0.453. The highest BCUT2D eigenvalue weighted by molar-refractivity contribution is 7.89. The smallest absolute Gasteiger partial charge is 0.244 e. The van der Waals surface area contributed by atoms with Gasteiger partial charge >= 0.3 is 0 Å². The zero-order chi connectivity index (χ0) is 16.0. The van der Waals surface area contributed by atoms with Crippen LogP contribution in [0.1, 0.15) is 20.3 Å². The molecule has 0 aromatic heterocycles. The van der Waals surface area contributed by atoms with Crippen LogP contribution in [-0.4, -0.2) is 28.2 Å². The van der Waals surface area contributed by atoms with E-state index < -0.39 is 10.0 Å². The van der Waals surface area contributed by atoms with Crippen molar-refractivity contribution in [3.8, 4) is 0 Å². The fourth-order valence-corrected chi connectivity index (χ4v) is 3.69. The number of hydrogen-bond donors (Lipinski definition) is 2. The van der Waals surface area contributed by atoms with E-state index in [1.54, 1.807) is 0 Å². The van der Waals surface area contributed by atoms with Gasteiger partial charge in [-0.2, -0.15) is 0 Å². The molecule has 0 heterocycles. The Morgan fingerprint density at radius 2 is 2.00 bits per heavy atom. The second kappa shape index (κ2) is 8.19. The van der Waals surface area contributed by atoms with Gasteiger partial charge < -0.3 is 10.5 Å². The summed E-state index contributed by atoms with van der Waals surface area (Å²) in [4.78, 5) is -0.142. The Bertz CT molecular complexity index is 554. The highest BCUT2D eigenvalue weighted by atomic mass is 35.5. The summed E-state index contributed by atoms with van der Waals surface area (Å²) in [6.07, 6.45) is 0.567. The molecule has 1 rings (SSSR count). The molecule has 8 heteroatoms. The van der Waals surface area contributed by atoms with Crippen LogP contribution in [0.25, 0.3) is 0 Å². The second-order valence-electron chi connectivity index (χ2n) is 5.03. The average Bonchev–Trinajstić information content (AvgIpc) is 2.31. The number of anilines is 1. The van der Waals surface area contributed by atoms with Crippen LogP contribution in [0.4, 0.5) is 5.69 Å². The molecule has 0 atom stereocenters. The Balaban J connectivity index is 2.59. The van der Waals surface area contributed by atoms with E-state index in [-0.39, 0.29) is 22.2 Å². The number of benzene rings is 1. The topological polar surface area (TPSA) is 81.4 Å². The van der Waals surface area contributed by atoms with Crippen LogP contribution in [-0.2, 0) is 14.8 Å². The van der Waals surface area contributed by atoms with E-state index in [1.807, 2.05) is 13.8 Å². The lowest BCUT2D eigenvalue weighted by atomic mass is 10.2. The van der Waals surface area contributed by atoms with Crippen molar-refractivity contribution in [1.29, 1.82) is 0 Å². The van der Waals surface area contributed by atoms with E-state index in [4.69, 9.17) is 33.7 Å². The lowest BCUT2D eigenvalue weighted by Gasteiger charge is -2.11. The Hall–Kier alpha value is -0.530. The summed E-state index contributed by atoms with van der Waals surface area (Å²) in [5.41, 5.74) is 5.70. The Morgan fingerprint density at radius 1 is 1.33 bits per heavy atom. The van der Waals surface area contributed by atoms with E-state index in [9.17, 15) is 8.42 Å². The molecule has 0 fully saturated rings. The van der Waals surface area contributed by atoms with Gasteiger partial charge in [0.15, 0.2) is 0 Å². The fraction of sp³-hybridized carbons (Fsp3) is 0.538. The molecule has 0 aliphatic rings. The van der Waals surface area contributed by atoms with Crippen LogP contribution in [0.3, 0.4) is 0 Å². The predicted octanol–water partition coefficient (Wildman–Crippen LogP) is 2.92. The van der Waals surface area contributed by atoms with Gasteiger partial charge in [-0.15, -0.1) is 0 Å². The molecule has 1 aromatic rings. The van der Waals surface area contributed by atoms with Crippen LogP contribution in [0.2, 0.25) is 10.0 Å². The number of nitrogens with one attached hydrogen (secondary N) is 1. The highest BCUT2D eigenvalue weighted by Gasteiger charge is 2.21. The first-order valence-corrected chi connectivity index (χ1v) is 8.80. The van der Waals surface area contributed by atoms with Gasteiger partial charge in [0.1, 0.15) is 4.90 Å². The van der Waals surface area contributed by atoms with Crippen LogP contribution in [0.5, 0.6) is 0 Å². The van der Waals surface area contributed by atoms with E-state index in [0.29, 0.717) is 30.6 Å². The molecule has 0 aliphatic carbocycles. The number of rotatable bonds is 8. The molecule has 3 N–H and O–H groups in total. The lowest BCUT2D eigenvalue weighted by Crippen LogP contribution is -2.26. The lowest BCUT2D eigenvalue weighted by molar-refractivity contribution is 0.108. The second-order valence-corrected chi connectivity index (χ2v) is 7.57. The van der Waals surface area contributed by atoms with Gasteiger partial charge in [-0.3, -0.25) is 0 Å². The molecular formula is C13H20Cl2N2O3S. The van der Waals surface area contributed by atoms with Crippen molar-refractivity contribution in [3.63, 3.8) is 0 Å². The van der Waals surface area contributed by atoms with E-state index in [0.717, 1.165) is 0 Å². The molecule has 0 radical (unpaired) electrons. The van der Waals surface area contributed by atoms with Crippen LogP contribution < -0.4 is 10.5 Å². The van der Waals surface area contributed by atoms with Crippen molar-refractivity contribution in [2.24, 2.45) is 5.92 Å². The quantitative estimate of drug-likeness (QED) is 0.555. The Morgan fingerprint density at radius 3 is 2.57 bits per heavy atom. The van der Waals surface area contributed by atoms with E-state index in [2.05, 4.69) is 4.72 Å². The molecule has 5 nitrogen and oxygen atoms in total. The number of nitrogens with two attached hydrogens (primary N) is 1. The summed E-state index contributed by atoms with van der Waals surface area (Å²) < 4.78 is 32.2. The van der Waals surface area contributed by atoms with Crippen LogP contribution in [0.15, 0.2) is 17.0 Å². The number of nitrogen functional groups attached to an aromatic ring is 1. The third kappa shape index (κ3) is 6.00. The minimum Gasteiger partial charge on any atom is -0.398 e. The van der Waals surface area contributed by atoms with Gasteiger partial charge in [-0.05, 0) is 24.5 Å². The van der Waals surface area contributed by atoms with Crippen molar-refractivity contribution in [2.45, 2.75) is 25.2 Å². The van der Waals surface area contributed by atoms with Crippen molar-refractivity contribution >= 4 is 38.9 Å². The third-order valence-corrected chi connectivity index (χ3v) is 4.72. The molecule has 0 amide bonds. The zero-order valence-electron chi connectivity index (χ0n) is 12.0. The molecule has 0 saturated heterocycles. The van der Waals surface area contributed by atoms with Gasteiger partial charge in [0.25, 0.3) is 0 Å². The SMILES string of the molecule is CC(C)COCCCNS(=O)(=O)c1c(N)cc(Cl)cc1Cl. The summed E-state index contributed by atoms with van der Waals surface area (Å²) in [6.45, 7) is 5.49. The average molecular weight is 355 g/mol. The number of sulfonamides is 1. The molecule has 0 saturated carbocycles. The maximum Gasteiger partial charge on any atom is 0.244 e. The molecule has 0 aliphatic heterocycles. The monoisotopic (exact) mass is 354 g/mol. The van der Waals surface area contributed by atoms with Gasteiger partial charge in [-0.25, -0.2) is 13.1 Å². The van der Waals surface area contributed by atoms with Crippen molar-refractivity contribution in [2.75, 3.05) is 25.5 Å². The number of hydrogen-bond acceptors (Lipinski definition) is 4. The maximum absolute atomic E-state index is 12.2. The van der Waals surface area contributed by atoms with Crippen LogP contribution >= 0.6 is 23.2 Å². The van der Waals surface area contributed by atoms with Gasteiger partial charge in [-0.1, -0.05) is 37.0 Å². The summed E-state index contributed by atoms with van der Waals surface area (Å²) >= 11 is 11.7. The van der Waals surface area contributed by atoms with E-state index >= 15 is 0 Å². The van der Waals surface area contributed by atoms with Crippen molar-refractivity contribution in [3.05, 3.63) is 22.2 Å². The molecule has 21 heavy (non-hydrogen) atoms. The van der Waals surface area contributed by atoms with Gasteiger partial charge in [0.2, 0.25) is 10.0 Å². The van der Waals surface area contributed by atoms with Crippen molar-refractivity contribution < 1.29 is 13.2 Å². The Labute approximate surface area is 135 Å². The van der Waals surface area contributed by atoms with Crippen LogP contribution in [0, 0.1) is 5.92 Å². The third-order valence-electron chi connectivity index (χ3n) is 2.51. The molecule has 0 spiro atoms. The van der Waals surface area contributed by atoms with Crippen molar-refractivity contribution in [1.82, 2.24) is 4.72 Å². The first-order chi connectivity index (χ1) is 9.74. The molecule has 0 unspecified atom stereocenters. The number of halogens is 2. The first kappa shape index (κ1) is 18.5. The van der Waals surface area contributed by atoms with Gasteiger partial charge in [0, 0.05) is 24.8 Å². The minimum absolute atomic E-state index is 0.00329. The summed E-state index contributed by atoms with van der Waals surface area (Å²) in [7, 11) is -3.76. The molecule has 120 valence electrons. The highest BCUT2D eigenvalue weighted by Crippen LogP contribution is 2.30. The predicted molar refractivity (Wildman–Crippen MR) is 86.3 cm³/mol. The molecular weight excluding hydrogens is 335 g/mol.